The minimum atomic E-state index is -0.718. The van der Waals surface area contributed by atoms with Gasteiger partial charge in [0.1, 0.15) is 17.6 Å². The van der Waals surface area contributed by atoms with Crippen molar-refractivity contribution in [3.8, 4) is 22.6 Å². The van der Waals surface area contributed by atoms with Crippen LogP contribution in [0.3, 0.4) is 0 Å². The molecule has 3 heteroatoms. The number of fused-ring (bicyclic) bond motifs is 1. The Morgan fingerprint density at radius 2 is 1.54 bits per heavy atom. The lowest BCUT2D eigenvalue weighted by Gasteiger charge is -2.21. The van der Waals surface area contributed by atoms with Gasteiger partial charge in [-0.1, -0.05) is 24.3 Å². The van der Waals surface area contributed by atoms with Crippen LogP contribution in [0.25, 0.3) is 11.1 Å². The zero-order valence-corrected chi connectivity index (χ0v) is 21.8. The number of hydrogen-bond acceptors (Lipinski definition) is 3. The first-order valence-corrected chi connectivity index (χ1v) is 13.1. The van der Waals surface area contributed by atoms with Gasteiger partial charge < -0.3 is 14.6 Å². The lowest BCUT2D eigenvalue weighted by Crippen LogP contribution is -2.21. The molecule has 0 aromatic heterocycles. The van der Waals surface area contributed by atoms with Crippen molar-refractivity contribution in [2.75, 3.05) is 6.61 Å². The van der Waals surface area contributed by atoms with Crippen molar-refractivity contribution in [1.82, 2.24) is 0 Å². The molecule has 0 bridgehead atoms. The molecule has 2 aliphatic rings. The summed E-state index contributed by atoms with van der Waals surface area (Å²) >= 11 is 0. The monoisotopic (exact) mass is 470 g/mol. The Labute approximate surface area is 210 Å². The molecule has 1 fully saturated rings. The van der Waals surface area contributed by atoms with Crippen molar-refractivity contribution in [2.24, 2.45) is 0 Å². The molecule has 0 amide bonds. The van der Waals surface area contributed by atoms with Gasteiger partial charge in [0.15, 0.2) is 0 Å². The number of hydrogen-bond donors (Lipinski definition) is 1. The largest absolute Gasteiger partial charge is 0.493 e. The Morgan fingerprint density at radius 3 is 2.17 bits per heavy atom. The van der Waals surface area contributed by atoms with E-state index in [4.69, 9.17) is 9.47 Å². The number of aryl methyl sites for hydroxylation is 3. The van der Waals surface area contributed by atoms with E-state index in [9.17, 15) is 5.11 Å². The van der Waals surface area contributed by atoms with Crippen LogP contribution in [0.2, 0.25) is 0 Å². The van der Waals surface area contributed by atoms with Gasteiger partial charge in [0.25, 0.3) is 0 Å². The average molecular weight is 471 g/mol. The molecule has 3 aromatic rings. The first kappa shape index (κ1) is 23.9. The third kappa shape index (κ3) is 5.26. The molecule has 1 saturated carbocycles. The molecule has 5 rings (SSSR count). The zero-order chi connectivity index (χ0) is 24.7. The number of aliphatic hydroxyl groups is 1. The third-order valence-electron chi connectivity index (χ3n) is 7.52. The van der Waals surface area contributed by atoms with Crippen molar-refractivity contribution in [1.29, 1.82) is 0 Å². The van der Waals surface area contributed by atoms with Gasteiger partial charge in [-0.3, -0.25) is 0 Å². The van der Waals surface area contributed by atoms with Gasteiger partial charge in [-0.15, -0.1) is 0 Å². The van der Waals surface area contributed by atoms with E-state index in [2.05, 4.69) is 69.3 Å². The highest BCUT2D eigenvalue weighted by atomic mass is 16.5. The molecular weight excluding hydrogens is 432 g/mol. The predicted octanol–water partition coefficient (Wildman–Crippen LogP) is 7.76. The van der Waals surface area contributed by atoms with Crippen molar-refractivity contribution in [3.05, 3.63) is 81.9 Å². The Bertz CT molecular complexity index is 1190. The van der Waals surface area contributed by atoms with Crippen LogP contribution in [0.4, 0.5) is 0 Å². The highest BCUT2D eigenvalue weighted by Crippen LogP contribution is 2.45. The molecule has 184 valence electrons. The maximum absolute atomic E-state index is 9.97. The summed E-state index contributed by atoms with van der Waals surface area (Å²) in [6, 6.07) is 17.6. The number of rotatable bonds is 8. The van der Waals surface area contributed by atoms with Gasteiger partial charge >= 0.3 is 0 Å². The van der Waals surface area contributed by atoms with Crippen LogP contribution in [-0.2, 0) is 6.42 Å². The third-order valence-corrected chi connectivity index (χ3v) is 7.52. The predicted molar refractivity (Wildman–Crippen MR) is 143 cm³/mol. The number of ether oxygens (including phenoxy) is 2. The summed E-state index contributed by atoms with van der Waals surface area (Å²) in [5.74, 6) is 2.61. The van der Waals surface area contributed by atoms with Crippen molar-refractivity contribution in [3.63, 3.8) is 0 Å². The minimum Gasteiger partial charge on any atom is -0.493 e. The fourth-order valence-corrected chi connectivity index (χ4v) is 5.52. The van der Waals surface area contributed by atoms with Gasteiger partial charge in [-0.2, -0.15) is 0 Å². The van der Waals surface area contributed by atoms with Gasteiger partial charge in [-0.05, 0) is 135 Å². The summed E-state index contributed by atoms with van der Waals surface area (Å²) in [5.41, 5.74) is 9.87. The van der Waals surface area contributed by atoms with E-state index in [1.807, 2.05) is 13.8 Å². The van der Waals surface area contributed by atoms with E-state index >= 15 is 0 Å². The quantitative estimate of drug-likeness (QED) is 0.365. The molecule has 0 radical (unpaired) electrons. The van der Waals surface area contributed by atoms with Crippen LogP contribution in [0.5, 0.6) is 11.5 Å². The standard InChI is InChI=1S/C32H38O3/c1-20-6-13-27(30-21(2)18-26(19-22(30)3)34-17-16-32(4,5)33)28-14-15-29(31(20)28)35-25-11-9-24(10-12-25)23-7-8-23/h6,9-13,18-19,23,29,33H,7-8,14-17H2,1-5H3. The Morgan fingerprint density at radius 1 is 0.857 bits per heavy atom. The maximum Gasteiger partial charge on any atom is 0.125 e. The molecule has 0 saturated heterocycles. The van der Waals surface area contributed by atoms with Crippen LogP contribution in [0.1, 0.15) is 84.9 Å². The van der Waals surface area contributed by atoms with E-state index in [1.165, 1.54) is 57.3 Å². The van der Waals surface area contributed by atoms with Crippen molar-refractivity contribution in [2.45, 2.75) is 84.3 Å². The second-order valence-corrected chi connectivity index (χ2v) is 11.2. The summed E-state index contributed by atoms with van der Waals surface area (Å²) in [7, 11) is 0. The summed E-state index contributed by atoms with van der Waals surface area (Å²) in [6.07, 6.45) is 5.38. The van der Waals surface area contributed by atoms with Crippen LogP contribution < -0.4 is 9.47 Å². The Hall–Kier alpha value is -2.78. The first-order valence-electron chi connectivity index (χ1n) is 13.1. The topological polar surface area (TPSA) is 38.7 Å². The van der Waals surface area contributed by atoms with E-state index in [0.717, 1.165) is 30.3 Å². The van der Waals surface area contributed by atoms with Crippen LogP contribution in [0.15, 0.2) is 48.5 Å². The normalized spacial score (nSPS) is 17.4. The number of benzene rings is 3. The zero-order valence-electron chi connectivity index (χ0n) is 21.8. The molecule has 3 aromatic carbocycles. The fourth-order valence-electron chi connectivity index (χ4n) is 5.52. The van der Waals surface area contributed by atoms with Crippen molar-refractivity contribution < 1.29 is 14.6 Å². The summed E-state index contributed by atoms with van der Waals surface area (Å²) in [4.78, 5) is 0. The van der Waals surface area contributed by atoms with E-state index in [0.29, 0.717) is 13.0 Å². The second kappa shape index (κ2) is 9.35. The minimum absolute atomic E-state index is 0.0989. The van der Waals surface area contributed by atoms with E-state index < -0.39 is 5.60 Å². The SMILES string of the molecule is Cc1cc(OCCC(C)(C)O)cc(C)c1-c1ccc(C)c2c1CCC2Oc1ccc(C2CC2)cc1. The van der Waals surface area contributed by atoms with Crippen LogP contribution in [0, 0.1) is 20.8 Å². The van der Waals surface area contributed by atoms with E-state index in [-0.39, 0.29) is 6.10 Å². The highest BCUT2D eigenvalue weighted by Gasteiger charge is 2.30. The molecule has 35 heavy (non-hydrogen) atoms. The molecule has 2 aliphatic carbocycles. The lowest BCUT2D eigenvalue weighted by molar-refractivity contribution is 0.0553. The summed E-state index contributed by atoms with van der Waals surface area (Å²) in [6.45, 7) is 10.7. The average Bonchev–Trinajstić information content (AvgIpc) is 3.55. The maximum atomic E-state index is 9.97. The fraction of sp³-hybridized carbons (Fsp3) is 0.438. The Kier molecular flexibility index (Phi) is 6.40. The van der Waals surface area contributed by atoms with Gasteiger partial charge in [0, 0.05) is 6.42 Å². The molecule has 0 heterocycles. The van der Waals surface area contributed by atoms with Gasteiger partial charge in [-0.25, -0.2) is 0 Å². The molecule has 3 nitrogen and oxygen atoms in total. The molecule has 1 atom stereocenters. The smallest absolute Gasteiger partial charge is 0.125 e. The molecular formula is C32H38O3. The molecule has 0 spiro atoms. The molecule has 1 N–H and O–H groups in total. The van der Waals surface area contributed by atoms with Gasteiger partial charge in [0.2, 0.25) is 0 Å². The second-order valence-electron chi connectivity index (χ2n) is 11.2. The summed E-state index contributed by atoms with van der Waals surface area (Å²) in [5, 5.41) is 9.97. The molecule has 0 aliphatic heterocycles. The first-order chi connectivity index (χ1) is 16.7. The summed E-state index contributed by atoms with van der Waals surface area (Å²) < 4.78 is 12.5. The highest BCUT2D eigenvalue weighted by molar-refractivity contribution is 5.77. The van der Waals surface area contributed by atoms with Crippen LogP contribution >= 0.6 is 0 Å². The lowest BCUT2D eigenvalue weighted by atomic mass is 9.89. The Balaban J connectivity index is 1.39. The van der Waals surface area contributed by atoms with Crippen LogP contribution in [-0.4, -0.2) is 17.3 Å². The van der Waals surface area contributed by atoms with E-state index in [1.54, 1.807) is 0 Å². The van der Waals surface area contributed by atoms with Gasteiger partial charge in [0.05, 0.1) is 12.2 Å². The van der Waals surface area contributed by atoms with Crippen molar-refractivity contribution >= 4 is 0 Å². The molecule has 1 unspecified atom stereocenters.